The second-order valence-corrected chi connectivity index (χ2v) is 7.67. The number of nitrogens with zero attached hydrogens (tertiary/aromatic N) is 2. The van der Waals surface area contributed by atoms with Crippen LogP contribution in [-0.2, 0) is 9.53 Å². The van der Waals surface area contributed by atoms with Gasteiger partial charge in [0.05, 0.1) is 0 Å². The van der Waals surface area contributed by atoms with Crippen LogP contribution in [0.1, 0.15) is 72.1 Å². The van der Waals surface area contributed by atoms with Gasteiger partial charge in [0.15, 0.2) is 0 Å². The second kappa shape index (κ2) is 11.0. The van der Waals surface area contributed by atoms with Crippen molar-refractivity contribution in [3.8, 4) is 12.3 Å². The van der Waals surface area contributed by atoms with Crippen molar-refractivity contribution in [2.75, 3.05) is 26.2 Å². The second-order valence-electron chi connectivity index (χ2n) is 7.67. The first-order chi connectivity index (χ1) is 11.8. The van der Waals surface area contributed by atoms with Crippen molar-refractivity contribution in [2.24, 2.45) is 0 Å². The minimum absolute atomic E-state index is 0.205. The summed E-state index contributed by atoms with van der Waals surface area (Å²) in [5.74, 6) is 2.86. The van der Waals surface area contributed by atoms with Gasteiger partial charge in [-0.2, -0.15) is 0 Å². The smallest absolute Gasteiger partial charge is 0.410 e. The van der Waals surface area contributed by atoms with Gasteiger partial charge < -0.3 is 14.5 Å². The van der Waals surface area contributed by atoms with Gasteiger partial charge in [0.2, 0.25) is 5.91 Å². The molecule has 0 saturated carbocycles. The molecule has 1 aliphatic heterocycles. The van der Waals surface area contributed by atoms with E-state index in [2.05, 4.69) is 5.92 Å². The molecule has 1 rings (SSSR count). The van der Waals surface area contributed by atoms with E-state index in [1.807, 2.05) is 25.7 Å². The summed E-state index contributed by atoms with van der Waals surface area (Å²) >= 11 is 0. The van der Waals surface area contributed by atoms with Crippen molar-refractivity contribution in [2.45, 2.75) is 77.7 Å². The fourth-order valence-electron chi connectivity index (χ4n) is 2.83. The molecule has 0 atom stereocenters. The predicted octanol–water partition coefficient (Wildman–Crippen LogP) is 3.82. The topological polar surface area (TPSA) is 49.9 Å². The summed E-state index contributed by atoms with van der Waals surface area (Å²) in [6.07, 6.45) is 13.1. The maximum atomic E-state index is 12.2. The highest BCUT2D eigenvalue weighted by Gasteiger charge is 2.27. The van der Waals surface area contributed by atoms with E-state index >= 15 is 0 Å². The van der Waals surface area contributed by atoms with Gasteiger partial charge >= 0.3 is 6.09 Å². The minimum atomic E-state index is -0.481. The van der Waals surface area contributed by atoms with E-state index in [4.69, 9.17) is 11.2 Å². The number of carbonyl (C=O) groups is 2. The molecule has 0 aromatic carbocycles. The number of terminal acetylenes is 1. The molecule has 5 heteroatoms. The molecular formula is C20H34N2O3. The van der Waals surface area contributed by atoms with Gasteiger partial charge in [0.1, 0.15) is 5.60 Å². The molecule has 0 bridgehead atoms. The molecule has 1 heterocycles. The van der Waals surface area contributed by atoms with Crippen LogP contribution in [0.5, 0.6) is 0 Å². The molecular weight excluding hydrogens is 316 g/mol. The Labute approximate surface area is 153 Å². The fraction of sp³-hybridized carbons (Fsp3) is 0.800. The van der Waals surface area contributed by atoms with Crippen molar-refractivity contribution in [3.05, 3.63) is 0 Å². The van der Waals surface area contributed by atoms with Gasteiger partial charge in [0, 0.05) is 39.0 Å². The molecule has 142 valence electrons. The van der Waals surface area contributed by atoms with Crippen LogP contribution < -0.4 is 0 Å². The molecule has 1 fully saturated rings. The van der Waals surface area contributed by atoms with E-state index in [0.29, 0.717) is 32.6 Å². The molecule has 1 aliphatic rings. The van der Waals surface area contributed by atoms with Crippen LogP contribution in [0, 0.1) is 12.3 Å². The lowest BCUT2D eigenvalue weighted by molar-refractivity contribution is -0.133. The number of ether oxygens (including phenoxy) is 1. The maximum absolute atomic E-state index is 12.2. The van der Waals surface area contributed by atoms with Gasteiger partial charge in [-0.05, 0) is 33.6 Å². The van der Waals surface area contributed by atoms with Crippen molar-refractivity contribution >= 4 is 12.0 Å². The highest BCUT2D eigenvalue weighted by atomic mass is 16.6. The Morgan fingerprint density at radius 2 is 1.44 bits per heavy atom. The summed E-state index contributed by atoms with van der Waals surface area (Å²) in [6.45, 7) is 7.89. The zero-order valence-electron chi connectivity index (χ0n) is 16.2. The monoisotopic (exact) mass is 350 g/mol. The number of piperazine rings is 1. The van der Waals surface area contributed by atoms with Gasteiger partial charge in [-0.1, -0.05) is 25.7 Å². The van der Waals surface area contributed by atoms with E-state index in [1.54, 1.807) is 4.90 Å². The van der Waals surface area contributed by atoms with Crippen LogP contribution in [0.2, 0.25) is 0 Å². The Morgan fingerprint density at radius 1 is 0.920 bits per heavy atom. The minimum Gasteiger partial charge on any atom is -0.444 e. The lowest BCUT2D eigenvalue weighted by Crippen LogP contribution is -2.51. The highest BCUT2D eigenvalue weighted by molar-refractivity contribution is 5.76. The molecule has 2 amide bonds. The van der Waals surface area contributed by atoms with Crippen molar-refractivity contribution in [3.63, 3.8) is 0 Å². The number of hydrogen-bond acceptors (Lipinski definition) is 3. The average Bonchev–Trinajstić information content (AvgIpc) is 2.55. The molecule has 5 nitrogen and oxygen atoms in total. The van der Waals surface area contributed by atoms with Crippen LogP contribution in [0.15, 0.2) is 0 Å². The zero-order chi connectivity index (χ0) is 18.7. The Hall–Kier alpha value is -1.70. The molecule has 0 aromatic rings. The SMILES string of the molecule is C#CCCCCCCCCC(=O)N1CCN(C(=O)OC(C)(C)C)CC1. The number of rotatable bonds is 8. The number of unbranched alkanes of at least 4 members (excludes halogenated alkanes) is 6. The molecule has 0 aliphatic carbocycles. The molecule has 1 saturated heterocycles. The van der Waals surface area contributed by atoms with E-state index in [0.717, 1.165) is 25.7 Å². The van der Waals surface area contributed by atoms with Crippen molar-refractivity contribution in [1.82, 2.24) is 9.80 Å². The Balaban J connectivity index is 2.13. The van der Waals surface area contributed by atoms with E-state index in [1.165, 1.54) is 19.3 Å². The van der Waals surface area contributed by atoms with Crippen LogP contribution in [0.4, 0.5) is 4.79 Å². The van der Waals surface area contributed by atoms with Crippen LogP contribution in [-0.4, -0.2) is 53.6 Å². The Kier molecular flexibility index (Phi) is 9.41. The molecule has 0 radical (unpaired) electrons. The van der Waals surface area contributed by atoms with Crippen molar-refractivity contribution in [1.29, 1.82) is 0 Å². The normalized spacial score (nSPS) is 15.0. The fourth-order valence-corrected chi connectivity index (χ4v) is 2.83. The molecule has 0 unspecified atom stereocenters. The third-order valence-electron chi connectivity index (χ3n) is 4.25. The predicted molar refractivity (Wildman–Crippen MR) is 100 cm³/mol. The van der Waals surface area contributed by atoms with Gasteiger partial charge in [0.25, 0.3) is 0 Å². The van der Waals surface area contributed by atoms with Gasteiger partial charge in [-0.3, -0.25) is 4.79 Å². The van der Waals surface area contributed by atoms with E-state index in [-0.39, 0.29) is 12.0 Å². The van der Waals surface area contributed by atoms with Crippen LogP contribution in [0.3, 0.4) is 0 Å². The van der Waals surface area contributed by atoms with Crippen LogP contribution in [0.25, 0.3) is 0 Å². The zero-order valence-corrected chi connectivity index (χ0v) is 16.2. The summed E-state index contributed by atoms with van der Waals surface area (Å²) in [6, 6.07) is 0. The molecule has 0 spiro atoms. The standard InChI is InChI=1S/C20H34N2O3/c1-5-6-7-8-9-10-11-12-13-18(23)21-14-16-22(17-15-21)19(24)25-20(2,3)4/h1H,6-17H2,2-4H3. The summed E-state index contributed by atoms with van der Waals surface area (Å²) in [4.78, 5) is 27.8. The summed E-state index contributed by atoms with van der Waals surface area (Å²) < 4.78 is 5.37. The lowest BCUT2D eigenvalue weighted by Gasteiger charge is -2.35. The summed E-state index contributed by atoms with van der Waals surface area (Å²) in [5.41, 5.74) is -0.481. The summed E-state index contributed by atoms with van der Waals surface area (Å²) in [7, 11) is 0. The number of carbonyl (C=O) groups excluding carboxylic acids is 2. The Bertz CT molecular complexity index is 455. The summed E-state index contributed by atoms with van der Waals surface area (Å²) in [5, 5.41) is 0. The van der Waals surface area contributed by atoms with Crippen LogP contribution >= 0.6 is 0 Å². The average molecular weight is 351 g/mol. The number of hydrogen-bond donors (Lipinski definition) is 0. The highest BCUT2D eigenvalue weighted by Crippen LogP contribution is 2.13. The molecule has 0 N–H and O–H groups in total. The van der Waals surface area contributed by atoms with Gasteiger partial charge in [-0.15, -0.1) is 12.3 Å². The Morgan fingerprint density at radius 3 is 2.00 bits per heavy atom. The third-order valence-corrected chi connectivity index (χ3v) is 4.25. The van der Waals surface area contributed by atoms with E-state index < -0.39 is 5.60 Å². The maximum Gasteiger partial charge on any atom is 0.410 e. The van der Waals surface area contributed by atoms with E-state index in [9.17, 15) is 9.59 Å². The lowest BCUT2D eigenvalue weighted by atomic mass is 10.1. The first-order valence-electron chi connectivity index (χ1n) is 9.52. The third kappa shape index (κ3) is 9.38. The quantitative estimate of drug-likeness (QED) is 0.494. The molecule has 0 aromatic heterocycles. The first-order valence-corrected chi connectivity index (χ1v) is 9.52. The van der Waals surface area contributed by atoms with Gasteiger partial charge in [-0.25, -0.2) is 4.79 Å². The van der Waals surface area contributed by atoms with Crippen molar-refractivity contribution < 1.29 is 14.3 Å². The largest absolute Gasteiger partial charge is 0.444 e. The molecule has 25 heavy (non-hydrogen) atoms. The number of amides is 2. The first kappa shape index (κ1) is 21.3.